The van der Waals surface area contributed by atoms with Gasteiger partial charge in [0, 0.05) is 45.9 Å². The maximum atomic E-state index is 12.2. The third-order valence-corrected chi connectivity index (χ3v) is 7.24. The molecule has 0 saturated heterocycles. The molecule has 0 radical (unpaired) electrons. The van der Waals surface area contributed by atoms with Crippen LogP contribution in [0.1, 0.15) is 60.3 Å². The van der Waals surface area contributed by atoms with Gasteiger partial charge in [-0.15, -0.1) is 0 Å². The van der Waals surface area contributed by atoms with E-state index >= 15 is 0 Å². The van der Waals surface area contributed by atoms with Gasteiger partial charge in [-0.05, 0) is 53.9 Å². The molecule has 6 heteroatoms. The van der Waals surface area contributed by atoms with Gasteiger partial charge >= 0.3 is 0 Å². The summed E-state index contributed by atoms with van der Waals surface area (Å²) in [5, 5.41) is 6.93. The predicted molar refractivity (Wildman–Crippen MR) is 102 cm³/mol. The van der Waals surface area contributed by atoms with E-state index in [4.69, 9.17) is 4.74 Å². The van der Waals surface area contributed by atoms with Crippen LogP contribution in [0.4, 0.5) is 0 Å². The largest absolute Gasteiger partial charge is 0.378 e. The summed E-state index contributed by atoms with van der Waals surface area (Å²) < 4.78 is 17.9. The van der Waals surface area contributed by atoms with Crippen molar-refractivity contribution in [2.45, 2.75) is 77.2 Å². The number of aliphatic imine (C=N–C) groups is 1. The topological polar surface area (TPSA) is 62.7 Å². The van der Waals surface area contributed by atoms with Crippen LogP contribution in [0.5, 0.6) is 0 Å². The van der Waals surface area contributed by atoms with Gasteiger partial charge in [0.15, 0.2) is 5.96 Å². The van der Waals surface area contributed by atoms with Gasteiger partial charge in [-0.25, -0.2) is 0 Å². The van der Waals surface area contributed by atoms with Gasteiger partial charge in [0.2, 0.25) is 0 Å². The molecule has 5 nitrogen and oxygen atoms in total. The van der Waals surface area contributed by atoms with Crippen LogP contribution in [0.2, 0.25) is 0 Å². The Balaban J connectivity index is 1.89. The lowest BCUT2D eigenvalue weighted by atomic mass is 9.51. The van der Waals surface area contributed by atoms with E-state index in [-0.39, 0.29) is 4.75 Å². The van der Waals surface area contributed by atoms with Gasteiger partial charge < -0.3 is 15.4 Å². The van der Waals surface area contributed by atoms with Crippen molar-refractivity contribution in [2.24, 2.45) is 10.4 Å². The molecule has 3 unspecified atom stereocenters. The van der Waals surface area contributed by atoms with Crippen molar-refractivity contribution >= 4 is 16.8 Å². The Morgan fingerprint density at radius 2 is 2.04 bits per heavy atom. The molecule has 0 aromatic heterocycles. The lowest BCUT2D eigenvalue weighted by molar-refractivity contribution is -0.168. The summed E-state index contributed by atoms with van der Waals surface area (Å²) in [5.74, 6) is 1.46. The first kappa shape index (κ1) is 19.7. The lowest BCUT2D eigenvalue weighted by Crippen LogP contribution is -2.68. The average Bonchev–Trinajstić information content (AvgIpc) is 2.43. The van der Waals surface area contributed by atoms with Crippen molar-refractivity contribution in [1.82, 2.24) is 10.6 Å². The smallest absolute Gasteiger partial charge is 0.191 e. The average molecular weight is 358 g/mol. The van der Waals surface area contributed by atoms with Gasteiger partial charge in [-0.3, -0.25) is 9.20 Å². The highest BCUT2D eigenvalue weighted by molar-refractivity contribution is 7.86. The van der Waals surface area contributed by atoms with Gasteiger partial charge in [0.25, 0.3) is 0 Å². The Labute approximate surface area is 149 Å². The van der Waals surface area contributed by atoms with Crippen LogP contribution < -0.4 is 10.6 Å². The number of hydrogen-bond acceptors (Lipinski definition) is 3. The van der Waals surface area contributed by atoms with Gasteiger partial charge in [0.1, 0.15) is 0 Å². The van der Waals surface area contributed by atoms with Gasteiger partial charge in [0.05, 0.1) is 12.6 Å². The van der Waals surface area contributed by atoms with Gasteiger partial charge in [-0.1, -0.05) is 6.42 Å². The summed E-state index contributed by atoms with van der Waals surface area (Å²) in [6.45, 7) is 12.4. The number of ether oxygens (including phenoxy) is 1. The van der Waals surface area contributed by atoms with Crippen LogP contribution in [0.15, 0.2) is 4.99 Å². The Morgan fingerprint density at radius 1 is 1.33 bits per heavy atom. The summed E-state index contributed by atoms with van der Waals surface area (Å²) in [6.07, 6.45) is 5.28. The summed E-state index contributed by atoms with van der Waals surface area (Å²) in [4.78, 5) is 4.64. The van der Waals surface area contributed by atoms with Crippen molar-refractivity contribution < 1.29 is 8.95 Å². The standard InChI is InChI=1S/C18H35N3O2S/c1-6-19-16(20-11-12-24(22)17(3,4)5)21-14-13-15(23-7-2)18(14)9-8-10-18/h14-15H,6-13H2,1-5H3,(H2,19,20,21). The molecule has 0 amide bonds. The maximum absolute atomic E-state index is 12.2. The van der Waals surface area contributed by atoms with E-state index in [1.54, 1.807) is 0 Å². The molecule has 2 N–H and O–H groups in total. The van der Waals surface area contributed by atoms with Crippen molar-refractivity contribution in [3.05, 3.63) is 0 Å². The molecule has 0 heterocycles. The van der Waals surface area contributed by atoms with Crippen molar-refractivity contribution in [2.75, 3.05) is 25.4 Å². The SMILES string of the molecule is CCNC(=NCCS(=O)C(C)(C)C)NC1CC(OCC)C12CCC2. The van der Waals surface area contributed by atoms with E-state index in [9.17, 15) is 4.21 Å². The zero-order chi connectivity index (χ0) is 17.8. The fraction of sp³-hybridized carbons (Fsp3) is 0.944. The Morgan fingerprint density at radius 3 is 2.54 bits per heavy atom. The van der Waals surface area contributed by atoms with Gasteiger partial charge in [-0.2, -0.15) is 0 Å². The zero-order valence-electron chi connectivity index (χ0n) is 16.0. The van der Waals surface area contributed by atoms with Crippen LogP contribution in [0.25, 0.3) is 0 Å². The second kappa shape index (κ2) is 8.17. The Bertz CT molecular complexity index is 469. The fourth-order valence-electron chi connectivity index (χ4n) is 3.67. The van der Waals surface area contributed by atoms with Crippen LogP contribution in [-0.4, -0.2) is 52.5 Å². The minimum atomic E-state index is -0.855. The molecule has 0 bridgehead atoms. The quantitative estimate of drug-likeness (QED) is 0.543. The molecule has 1 spiro atoms. The highest BCUT2D eigenvalue weighted by Crippen LogP contribution is 2.57. The number of nitrogens with one attached hydrogen (secondary N) is 2. The van der Waals surface area contributed by atoms with E-state index in [2.05, 4.69) is 29.5 Å². The third kappa shape index (κ3) is 4.31. The normalized spacial score (nSPS) is 27.3. The molecule has 0 aromatic carbocycles. The second-order valence-electron chi connectivity index (χ2n) is 7.89. The maximum Gasteiger partial charge on any atom is 0.191 e. The van der Waals surface area contributed by atoms with Crippen LogP contribution in [-0.2, 0) is 15.5 Å². The summed E-state index contributed by atoms with van der Waals surface area (Å²) in [5.41, 5.74) is 0.320. The molecule has 2 saturated carbocycles. The highest BCUT2D eigenvalue weighted by Gasteiger charge is 2.59. The van der Waals surface area contributed by atoms with E-state index in [0.717, 1.165) is 25.5 Å². The molecule has 3 atom stereocenters. The second-order valence-corrected chi connectivity index (χ2v) is 10.2. The van der Waals surface area contributed by atoms with Crippen LogP contribution in [0.3, 0.4) is 0 Å². The first-order chi connectivity index (χ1) is 11.3. The molecule has 24 heavy (non-hydrogen) atoms. The van der Waals surface area contributed by atoms with E-state index in [0.29, 0.717) is 29.9 Å². The molecule has 0 aromatic rings. The van der Waals surface area contributed by atoms with E-state index < -0.39 is 10.8 Å². The fourth-order valence-corrected chi connectivity index (χ4v) is 4.54. The zero-order valence-corrected chi connectivity index (χ0v) is 16.8. The van der Waals surface area contributed by atoms with E-state index in [1.807, 2.05) is 20.8 Å². The first-order valence-electron chi connectivity index (χ1n) is 9.38. The van der Waals surface area contributed by atoms with E-state index in [1.165, 1.54) is 19.3 Å². The highest BCUT2D eigenvalue weighted by atomic mass is 32.2. The molecule has 140 valence electrons. The molecule has 2 rings (SSSR count). The van der Waals surface area contributed by atoms with Crippen molar-refractivity contribution in [3.8, 4) is 0 Å². The number of nitrogens with zero attached hydrogens (tertiary/aromatic N) is 1. The summed E-state index contributed by atoms with van der Waals surface area (Å²) >= 11 is 0. The number of rotatable bonds is 7. The van der Waals surface area contributed by atoms with Crippen molar-refractivity contribution in [1.29, 1.82) is 0 Å². The van der Waals surface area contributed by atoms with Crippen molar-refractivity contribution in [3.63, 3.8) is 0 Å². The molecule has 0 aliphatic heterocycles. The summed E-state index contributed by atoms with van der Waals surface area (Å²) in [7, 11) is -0.855. The third-order valence-electron chi connectivity index (χ3n) is 5.32. The summed E-state index contributed by atoms with van der Waals surface area (Å²) in [6, 6.07) is 0.453. The molecular weight excluding hydrogens is 322 g/mol. The van der Waals surface area contributed by atoms with Crippen LogP contribution in [0, 0.1) is 5.41 Å². The minimum absolute atomic E-state index is 0.171. The predicted octanol–water partition coefficient (Wildman–Crippen LogP) is 2.44. The Hall–Kier alpha value is -0.620. The molecule has 2 aliphatic rings. The molecular formula is C18H35N3O2S. The van der Waals surface area contributed by atoms with Crippen LogP contribution >= 0.6 is 0 Å². The minimum Gasteiger partial charge on any atom is -0.378 e. The first-order valence-corrected chi connectivity index (χ1v) is 10.7. The molecule has 2 aliphatic carbocycles. The molecule has 2 fully saturated rings. The number of hydrogen-bond donors (Lipinski definition) is 2. The lowest BCUT2D eigenvalue weighted by Gasteiger charge is -2.61. The number of guanidine groups is 1. The Kier molecular flexibility index (Phi) is 6.71. The monoisotopic (exact) mass is 357 g/mol.